The van der Waals surface area contributed by atoms with Crippen molar-refractivity contribution in [2.24, 2.45) is 0 Å². The van der Waals surface area contributed by atoms with E-state index in [1.165, 1.54) is 13.8 Å². The molecular weight excluding hydrogens is 216 g/mol. The van der Waals surface area contributed by atoms with Gasteiger partial charge in [0.15, 0.2) is 12.4 Å². The maximum absolute atomic E-state index is 11.1. The van der Waals surface area contributed by atoms with Crippen LogP contribution in [0.1, 0.15) is 27.2 Å². The van der Waals surface area contributed by atoms with E-state index in [9.17, 15) is 20.1 Å². The fourth-order valence-electron chi connectivity index (χ4n) is 1.57. The van der Waals surface area contributed by atoms with Crippen molar-refractivity contribution in [1.82, 2.24) is 0 Å². The molecule has 1 rings (SSSR count). The molecule has 0 aromatic carbocycles. The Bertz CT molecular complexity index is 264. The maximum atomic E-state index is 11.1. The standard InChI is InChI=1S/C10H18O6/c1-4-5(11)15-7-6(12)8(13)10(2,3)16-9(7)14/h6-9,12-14H,4H2,1-3H3/t6-,7+,8+,9-/m1/s1. The van der Waals surface area contributed by atoms with Crippen LogP contribution in [0.15, 0.2) is 0 Å². The van der Waals surface area contributed by atoms with Gasteiger partial charge in [-0.15, -0.1) is 0 Å². The molecule has 0 amide bonds. The Kier molecular flexibility index (Phi) is 3.90. The van der Waals surface area contributed by atoms with Crippen LogP contribution < -0.4 is 0 Å². The first kappa shape index (κ1) is 13.4. The van der Waals surface area contributed by atoms with E-state index in [0.29, 0.717) is 0 Å². The predicted octanol–water partition coefficient (Wildman–Crippen LogP) is -0.843. The van der Waals surface area contributed by atoms with Crippen LogP contribution in [0.5, 0.6) is 0 Å². The number of ether oxygens (including phenoxy) is 2. The third kappa shape index (κ3) is 2.52. The molecule has 0 radical (unpaired) electrons. The SMILES string of the molecule is CCC(=O)O[C@H]1[C@@H](O)[C@H](O)C(C)(C)O[C@H]1O. The van der Waals surface area contributed by atoms with Crippen LogP contribution in [0.25, 0.3) is 0 Å². The van der Waals surface area contributed by atoms with Crippen LogP contribution in [0, 0.1) is 0 Å². The second kappa shape index (κ2) is 4.67. The molecule has 6 nitrogen and oxygen atoms in total. The lowest BCUT2D eigenvalue weighted by molar-refractivity contribution is -0.313. The highest BCUT2D eigenvalue weighted by Gasteiger charge is 2.50. The van der Waals surface area contributed by atoms with E-state index >= 15 is 0 Å². The van der Waals surface area contributed by atoms with Gasteiger partial charge in [0, 0.05) is 6.42 Å². The summed E-state index contributed by atoms with van der Waals surface area (Å²) in [6, 6.07) is 0. The minimum atomic E-state index is -1.44. The second-order valence-corrected chi connectivity index (χ2v) is 4.36. The molecule has 1 heterocycles. The van der Waals surface area contributed by atoms with Crippen molar-refractivity contribution in [3.05, 3.63) is 0 Å². The van der Waals surface area contributed by atoms with E-state index in [2.05, 4.69) is 0 Å². The number of carbonyl (C=O) groups is 1. The molecule has 16 heavy (non-hydrogen) atoms. The monoisotopic (exact) mass is 234 g/mol. The van der Waals surface area contributed by atoms with Crippen LogP contribution in [-0.4, -0.2) is 51.5 Å². The van der Waals surface area contributed by atoms with Gasteiger partial charge < -0.3 is 24.8 Å². The minimum Gasteiger partial charge on any atom is -0.454 e. The molecule has 0 spiro atoms. The highest BCUT2D eigenvalue weighted by Crippen LogP contribution is 2.29. The first-order valence-corrected chi connectivity index (χ1v) is 5.21. The molecule has 3 N–H and O–H groups in total. The quantitative estimate of drug-likeness (QED) is 0.539. The first-order valence-electron chi connectivity index (χ1n) is 5.21. The van der Waals surface area contributed by atoms with Gasteiger partial charge in [-0.3, -0.25) is 4.79 Å². The average Bonchev–Trinajstić information content (AvgIpc) is 2.20. The average molecular weight is 234 g/mol. The summed E-state index contributed by atoms with van der Waals surface area (Å²) in [5.41, 5.74) is -1.09. The van der Waals surface area contributed by atoms with Crippen molar-refractivity contribution in [3.63, 3.8) is 0 Å². The number of rotatable bonds is 2. The Hall–Kier alpha value is -0.690. The zero-order valence-corrected chi connectivity index (χ0v) is 9.58. The molecule has 1 aliphatic heterocycles. The van der Waals surface area contributed by atoms with Gasteiger partial charge in [0.25, 0.3) is 0 Å². The summed E-state index contributed by atoms with van der Waals surface area (Å²) in [5.74, 6) is -0.571. The third-order valence-corrected chi connectivity index (χ3v) is 2.63. The molecule has 1 aliphatic rings. The van der Waals surface area contributed by atoms with Crippen molar-refractivity contribution < 1.29 is 29.6 Å². The number of aliphatic hydroxyl groups excluding tert-OH is 3. The highest BCUT2D eigenvalue weighted by molar-refractivity contribution is 5.69. The molecule has 1 saturated heterocycles. The highest BCUT2D eigenvalue weighted by atomic mass is 16.7. The summed E-state index contributed by atoms with van der Waals surface area (Å²) in [5, 5.41) is 29.0. The molecule has 0 saturated carbocycles. The Morgan fingerprint density at radius 3 is 2.44 bits per heavy atom. The fourth-order valence-corrected chi connectivity index (χ4v) is 1.57. The summed E-state index contributed by atoms with van der Waals surface area (Å²) in [6.45, 7) is 4.65. The number of hydrogen-bond acceptors (Lipinski definition) is 6. The summed E-state index contributed by atoms with van der Waals surface area (Å²) in [4.78, 5) is 11.1. The molecule has 0 aromatic heterocycles. The smallest absolute Gasteiger partial charge is 0.306 e. The molecule has 0 unspecified atom stereocenters. The van der Waals surface area contributed by atoms with Gasteiger partial charge in [-0.05, 0) is 13.8 Å². The molecule has 6 heteroatoms. The van der Waals surface area contributed by atoms with E-state index in [1.54, 1.807) is 6.92 Å². The van der Waals surface area contributed by atoms with E-state index in [0.717, 1.165) is 0 Å². The maximum Gasteiger partial charge on any atom is 0.306 e. The molecule has 94 valence electrons. The molecule has 1 fully saturated rings. The van der Waals surface area contributed by atoms with Crippen molar-refractivity contribution >= 4 is 5.97 Å². The van der Waals surface area contributed by atoms with Crippen molar-refractivity contribution in [1.29, 1.82) is 0 Å². The number of esters is 1. The van der Waals surface area contributed by atoms with E-state index in [-0.39, 0.29) is 6.42 Å². The van der Waals surface area contributed by atoms with Crippen LogP contribution in [0.3, 0.4) is 0 Å². The number of carbonyl (C=O) groups excluding carboxylic acids is 1. The minimum absolute atomic E-state index is 0.120. The van der Waals surface area contributed by atoms with Crippen LogP contribution >= 0.6 is 0 Å². The zero-order valence-electron chi connectivity index (χ0n) is 9.58. The lowest BCUT2D eigenvalue weighted by Crippen LogP contribution is -2.62. The number of aliphatic hydroxyl groups is 3. The van der Waals surface area contributed by atoms with Crippen LogP contribution in [0.4, 0.5) is 0 Å². The molecular formula is C10H18O6. The second-order valence-electron chi connectivity index (χ2n) is 4.36. The summed E-state index contributed by atoms with van der Waals surface area (Å²) in [6.07, 6.45) is -5.17. The van der Waals surface area contributed by atoms with E-state index in [4.69, 9.17) is 9.47 Å². The molecule has 0 aromatic rings. The Morgan fingerprint density at radius 1 is 1.38 bits per heavy atom. The lowest BCUT2D eigenvalue weighted by atomic mass is 9.90. The Morgan fingerprint density at radius 2 is 1.94 bits per heavy atom. The first-order chi connectivity index (χ1) is 7.29. The van der Waals surface area contributed by atoms with Gasteiger partial charge in [0.2, 0.25) is 0 Å². The summed E-state index contributed by atoms with van der Waals surface area (Å²) in [7, 11) is 0. The topological polar surface area (TPSA) is 96.2 Å². The molecule has 0 aliphatic carbocycles. The third-order valence-electron chi connectivity index (χ3n) is 2.63. The van der Waals surface area contributed by atoms with Crippen LogP contribution in [0.2, 0.25) is 0 Å². The van der Waals surface area contributed by atoms with E-state index < -0.39 is 36.2 Å². The zero-order chi connectivity index (χ0) is 12.5. The van der Waals surface area contributed by atoms with Crippen LogP contribution in [-0.2, 0) is 14.3 Å². The summed E-state index contributed by atoms with van der Waals surface area (Å²) >= 11 is 0. The van der Waals surface area contributed by atoms with Crippen molar-refractivity contribution in [2.45, 2.75) is 57.4 Å². The molecule has 4 atom stereocenters. The number of hydrogen-bond donors (Lipinski definition) is 3. The molecule has 0 bridgehead atoms. The largest absolute Gasteiger partial charge is 0.454 e. The fraction of sp³-hybridized carbons (Fsp3) is 0.900. The predicted molar refractivity (Wildman–Crippen MR) is 53.4 cm³/mol. The van der Waals surface area contributed by atoms with Gasteiger partial charge in [-0.2, -0.15) is 0 Å². The summed E-state index contributed by atoms with van der Waals surface area (Å²) < 4.78 is 9.89. The van der Waals surface area contributed by atoms with E-state index in [1.807, 2.05) is 0 Å². The van der Waals surface area contributed by atoms with Crippen molar-refractivity contribution in [2.75, 3.05) is 0 Å². The lowest BCUT2D eigenvalue weighted by Gasteiger charge is -2.44. The van der Waals surface area contributed by atoms with Gasteiger partial charge in [-0.1, -0.05) is 6.92 Å². The van der Waals surface area contributed by atoms with Crippen molar-refractivity contribution in [3.8, 4) is 0 Å². The normalized spacial score (nSPS) is 38.1. The van der Waals surface area contributed by atoms with Gasteiger partial charge in [-0.25, -0.2) is 0 Å². The van der Waals surface area contributed by atoms with Gasteiger partial charge >= 0.3 is 5.97 Å². The van der Waals surface area contributed by atoms with Gasteiger partial charge in [0.05, 0.1) is 5.60 Å². The Labute approximate surface area is 93.8 Å². The Balaban J connectivity index is 2.76. The van der Waals surface area contributed by atoms with Gasteiger partial charge in [0.1, 0.15) is 12.2 Å².